The summed E-state index contributed by atoms with van der Waals surface area (Å²) in [5.41, 5.74) is 6.37. The standard InChI is InChI=1S/C11H15NO2/c1-14-8-7-10(12)11(13)9-5-3-2-4-6-9/h2-6,10H,7-8,12H2,1H3. The van der Waals surface area contributed by atoms with Crippen molar-refractivity contribution in [3.8, 4) is 0 Å². The number of Topliss-reactive ketones (excluding diaryl/α,β-unsaturated/α-hetero) is 1. The molecule has 1 rings (SSSR count). The molecule has 0 bridgehead atoms. The van der Waals surface area contributed by atoms with Gasteiger partial charge in [-0.05, 0) is 6.42 Å². The smallest absolute Gasteiger partial charge is 0.179 e. The first-order valence-corrected chi connectivity index (χ1v) is 4.59. The third-order valence-electron chi connectivity index (χ3n) is 2.03. The Hall–Kier alpha value is -1.19. The molecule has 0 heterocycles. The predicted molar refractivity (Wildman–Crippen MR) is 55.2 cm³/mol. The van der Waals surface area contributed by atoms with Crippen molar-refractivity contribution in [1.29, 1.82) is 0 Å². The number of ketones is 1. The van der Waals surface area contributed by atoms with Crippen LogP contribution in [0.3, 0.4) is 0 Å². The highest BCUT2D eigenvalue weighted by Gasteiger charge is 2.14. The highest BCUT2D eigenvalue weighted by molar-refractivity contribution is 5.99. The Labute approximate surface area is 83.9 Å². The molecule has 0 aliphatic heterocycles. The molecule has 0 aromatic heterocycles. The molecule has 0 saturated carbocycles. The first kappa shape index (κ1) is 10.9. The number of rotatable bonds is 5. The largest absolute Gasteiger partial charge is 0.385 e. The van der Waals surface area contributed by atoms with Gasteiger partial charge in [-0.25, -0.2) is 0 Å². The molecule has 76 valence electrons. The van der Waals surface area contributed by atoms with Crippen molar-refractivity contribution in [3.63, 3.8) is 0 Å². The zero-order valence-electron chi connectivity index (χ0n) is 8.27. The Kier molecular flexibility index (Phi) is 4.29. The lowest BCUT2D eigenvalue weighted by Crippen LogP contribution is -2.31. The zero-order valence-corrected chi connectivity index (χ0v) is 8.27. The minimum atomic E-state index is -0.461. The van der Waals surface area contributed by atoms with E-state index in [-0.39, 0.29) is 5.78 Å². The van der Waals surface area contributed by atoms with Gasteiger partial charge in [0, 0.05) is 19.3 Å². The van der Waals surface area contributed by atoms with E-state index in [4.69, 9.17) is 10.5 Å². The van der Waals surface area contributed by atoms with Crippen LogP contribution in [0.15, 0.2) is 30.3 Å². The highest BCUT2D eigenvalue weighted by Crippen LogP contribution is 2.04. The van der Waals surface area contributed by atoms with Crippen LogP contribution in [-0.4, -0.2) is 25.5 Å². The van der Waals surface area contributed by atoms with Gasteiger partial charge in [-0.15, -0.1) is 0 Å². The molecule has 0 aliphatic carbocycles. The molecule has 1 aromatic rings. The summed E-state index contributed by atoms with van der Waals surface area (Å²) < 4.78 is 4.87. The Morgan fingerprint density at radius 3 is 2.64 bits per heavy atom. The van der Waals surface area contributed by atoms with Crippen LogP contribution in [-0.2, 0) is 4.74 Å². The van der Waals surface area contributed by atoms with Crippen LogP contribution in [0.25, 0.3) is 0 Å². The first-order valence-electron chi connectivity index (χ1n) is 4.59. The number of carbonyl (C=O) groups is 1. The van der Waals surface area contributed by atoms with Crippen LogP contribution in [0.2, 0.25) is 0 Å². The van der Waals surface area contributed by atoms with Gasteiger partial charge in [-0.1, -0.05) is 30.3 Å². The number of benzene rings is 1. The molecule has 0 radical (unpaired) electrons. The maximum Gasteiger partial charge on any atom is 0.179 e. The van der Waals surface area contributed by atoms with E-state index in [1.807, 2.05) is 18.2 Å². The van der Waals surface area contributed by atoms with Gasteiger partial charge in [-0.3, -0.25) is 4.79 Å². The average Bonchev–Trinajstić information content (AvgIpc) is 2.26. The Morgan fingerprint density at radius 1 is 1.43 bits per heavy atom. The Bertz CT molecular complexity index is 285. The molecule has 0 amide bonds. The van der Waals surface area contributed by atoms with Gasteiger partial charge in [0.1, 0.15) is 0 Å². The maximum atomic E-state index is 11.7. The molecule has 1 atom stereocenters. The molecule has 1 aromatic carbocycles. The van der Waals surface area contributed by atoms with Crippen LogP contribution in [0.5, 0.6) is 0 Å². The minimum Gasteiger partial charge on any atom is -0.385 e. The Morgan fingerprint density at radius 2 is 2.07 bits per heavy atom. The van der Waals surface area contributed by atoms with Crippen molar-refractivity contribution < 1.29 is 9.53 Å². The lowest BCUT2D eigenvalue weighted by atomic mass is 10.0. The molecule has 1 unspecified atom stereocenters. The van der Waals surface area contributed by atoms with Gasteiger partial charge in [0.2, 0.25) is 0 Å². The van der Waals surface area contributed by atoms with E-state index < -0.39 is 6.04 Å². The number of methoxy groups -OCH3 is 1. The van der Waals surface area contributed by atoms with Gasteiger partial charge in [0.05, 0.1) is 6.04 Å². The Balaban J connectivity index is 2.57. The van der Waals surface area contributed by atoms with Crippen molar-refractivity contribution >= 4 is 5.78 Å². The maximum absolute atomic E-state index is 11.7. The molecular formula is C11H15NO2. The van der Waals surface area contributed by atoms with Crippen molar-refractivity contribution in [1.82, 2.24) is 0 Å². The topological polar surface area (TPSA) is 52.3 Å². The average molecular weight is 193 g/mol. The van der Waals surface area contributed by atoms with Crippen LogP contribution >= 0.6 is 0 Å². The summed E-state index contributed by atoms with van der Waals surface area (Å²) in [5.74, 6) is -0.0253. The van der Waals surface area contributed by atoms with Crippen molar-refractivity contribution in [3.05, 3.63) is 35.9 Å². The second-order valence-electron chi connectivity index (χ2n) is 3.12. The fourth-order valence-corrected chi connectivity index (χ4v) is 1.19. The molecule has 0 aliphatic rings. The fraction of sp³-hybridized carbons (Fsp3) is 0.364. The third kappa shape index (κ3) is 2.94. The van der Waals surface area contributed by atoms with E-state index in [9.17, 15) is 4.79 Å². The quantitative estimate of drug-likeness (QED) is 0.716. The van der Waals surface area contributed by atoms with E-state index in [1.165, 1.54) is 0 Å². The van der Waals surface area contributed by atoms with Crippen LogP contribution in [0.1, 0.15) is 16.8 Å². The second-order valence-corrected chi connectivity index (χ2v) is 3.12. The highest BCUT2D eigenvalue weighted by atomic mass is 16.5. The number of hydrogen-bond acceptors (Lipinski definition) is 3. The zero-order chi connectivity index (χ0) is 10.4. The van der Waals surface area contributed by atoms with Crippen molar-refractivity contribution in [2.45, 2.75) is 12.5 Å². The summed E-state index contributed by atoms with van der Waals surface area (Å²) in [6.07, 6.45) is 0.560. The summed E-state index contributed by atoms with van der Waals surface area (Å²) in [7, 11) is 1.60. The van der Waals surface area contributed by atoms with Gasteiger partial charge in [-0.2, -0.15) is 0 Å². The van der Waals surface area contributed by atoms with E-state index in [0.717, 1.165) is 0 Å². The normalized spacial score (nSPS) is 12.4. The van der Waals surface area contributed by atoms with E-state index in [2.05, 4.69) is 0 Å². The lowest BCUT2D eigenvalue weighted by Gasteiger charge is -2.09. The molecule has 0 saturated heterocycles. The SMILES string of the molecule is COCCC(N)C(=O)c1ccccc1. The summed E-state index contributed by atoms with van der Waals surface area (Å²) in [6, 6.07) is 8.62. The van der Waals surface area contributed by atoms with Gasteiger partial charge < -0.3 is 10.5 Å². The molecule has 2 N–H and O–H groups in total. The van der Waals surface area contributed by atoms with Crippen LogP contribution in [0.4, 0.5) is 0 Å². The van der Waals surface area contributed by atoms with E-state index in [1.54, 1.807) is 19.2 Å². The summed E-state index contributed by atoms with van der Waals surface area (Å²) >= 11 is 0. The molecule has 0 spiro atoms. The summed E-state index contributed by atoms with van der Waals surface area (Å²) in [4.78, 5) is 11.7. The molecular weight excluding hydrogens is 178 g/mol. The van der Waals surface area contributed by atoms with Crippen molar-refractivity contribution in [2.75, 3.05) is 13.7 Å². The summed E-state index contributed by atoms with van der Waals surface area (Å²) in [5, 5.41) is 0. The molecule has 0 fully saturated rings. The van der Waals surface area contributed by atoms with Gasteiger partial charge in [0.15, 0.2) is 5.78 Å². The second kappa shape index (κ2) is 5.52. The monoisotopic (exact) mass is 193 g/mol. The van der Waals surface area contributed by atoms with Crippen molar-refractivity contribution in [2.24, 2.45) is 5.73 Å². The molecule has 3 heteroatoms. The fourth-order valence-electron chi connectivity index (χ4n) is 1.19. The number of carbonyl (C=O) groups excluding carboxylic acids is 1. The van der Waals surface area contributed by atoms with Crippen LogP contribution < -0.4 is 5.73 Å². The number of ether oxygens (including phenoxy) is 1. The van der Waals surface area contributed by atoms with Gasteiger partial charge >= 0.3 is 0 Å². The number of hydrogen-bond donors (Lipinski definition) is 1. The first-order chi connectivity index (χ1) is 6.75. The lowest BCUT2D eigenvalue weighted by molar-refractivity contribution is 0.0935. The number of nitrogens with two attached hydrogens (primary N) is 1. The van der Waals surface area contributed by atoms with E-state index in [0.29, 0.717) is 18.6 Å². The van der Waals surface area contributed by atoms with Gasteiger partial charge in [0.25, 0.3) is 0 Å². The third-order valence-corrected chi connectivity index (χ3v) is 2.03. The van der Waals surface area contributed by atoms with E-state index >= 15 is 0 Å². The minimum absolute atomic E-state index is 0.0253. The van der Waals surface area contributed by atoms with Crippen LogP contribution in [0, 0.1) is 0 Å². The molecule has 3 nitrogen and oxygen atoms in total. The predicted octanol–water partition coefficient (Wildman–Crippen LogP) is 1.23. The summed E-state index contributed by atoms with van der Waals surface area (Å²) in [6.45, 7) is 0.514. The molecule has 14 heavy (non-hydrogen) atoms.